The van der Waals surface area contributed by atoms with Crippen molar-refractivity contribution in [2.24, 2.45) is 0 Å². The number of halogens is 1. The number of aromatic amines is 1. The van der Waals surface area contributed by atoms with E-state index >= 15 is 0 Å². The van der Waals surface area contributed by atoms with Gasteiger partial charge >= 0.3 is 0 Å². The largest absolute Gasteiger partial charge is 0.508 e. The Balaban J connectivity index is 1.31. The SMILES string of the molecule is [B]C1([B])c2ccc(-c3ccc(C4CCN(C)CC4)cc3)cc2C(=O)N1C([B])(c1nc2ccccc2[nH]1)c1cc(F)ccc1O. The molecule has 1 unspecified atom stereocenters. The molecule has 2 aliphatic heterocycles. The zero-order valence-electron chi connectivity index (χ0n) is 24.3. The van der Waals surface area contributed by atoms with Gasteiger partial charge in [-0.25, -0.2) is 9.37 Å². The van der Waals surface area contributed by atoms with Crippen molar-refractivity contribution in [3.05, 3.63) is 119 Å². The highest BCUT2D eigenvalue weighted by Gasteiger charge is 2.53. The molecule has 2 N–H and O–H groups in total. The summed E-state index contributed by atoms with van der Waals surface area (Å²) in [5, 5.41) is 9.02. The molecule has 4 aromatic carbocycles. The molecule has 7 rings (SSSR count). The molecule has 6 nitrogen and oxygen atoms in total. The molecule has 1 amide bonds. The molecule has 212 valence electrons. The van der Waals surface area contributed by atoms with Crippen LogP contribution in [0.5, 0.6) is 5.75 Å². The minimum absolute atomic E-state index is 0.0609. The minimum atomic E-state index is -2.08. The number of fused-ring (bicyclic) bond motifs is 2. The number of likely N-dealkylation sites (tertiary alicyclic amines) is 1. The van der Waals surface area contributed by atoms with E-state index in [1.54, 1.807) is 30.3 Å². The number of nitrogens with zero attached hydrogens (tertiary/aromatic N) is 3. The Labute approximate surface area is 259 Å². The van der Waals surface area contributed by atoms with Crippen molar-refractivity contribution in [3.63, 3.8) is 0 Å². The van der Waals surface area contributed by atoms with Crippen molar-refractivity contribution >= 4 is 40.5 Å². The molecule has 1 atom stereocenters. The molecule has 6 radical (unpaired) electrons. The van der Waals surface area contributed by atoms with Gasteiger partial charge in [-0.15, -0.1) is 0 Å². The van der Waals surface area contributed by atoms with E-state index in [2.05, 4.69) is 46.2 Å². The van der Waals surface area contributed by atoms with Gasteiger partial charge in [0.25, 0.3) is 5.91 Å². The Morgan fingerprint density at radius 1 is 0.977 bits per heavy atom. The number of carbonyl (C=O) groups is 1. The van der Waals surface area contributed by atoms with Crippen LogP contribution >= 0.6 is 0 Å². The summed E-state index contributed by atoms with van der Waals surface area (Å²) < 4.78 is 14.7. The highest BCUT2D eigenvalue weighted by Crippen LogP contribution is 2.48. The molecule has 1 aromatic heterocycles. The monoisotopic (exact) mass is 576 g/mol. The van der Waals surface area contributed by atoms with Gasteiger partial charge in [-0.3, -0.25) is 4.79 Å². The zero-order valence-corrected chi connectivity index (χ0v) is 24.3. The lowest BCUT2D eigenvalue weighted by atomic mass is 9.54. The fraction of sp³-hybridized carbons (Fsp3) is 0.235. The molecule has 1 fully saturated rings. The van der Waals surface area contributed by atoms with Gasteiger partial charge in [-0.05, 0) is 103 Å². The highest BCUT2D eigenvalue weighted by molar-refractivity contribution is 6.43. The molecular weight excluding hydrogens is 548 g/mol. The third-order valence-electron chi connectivity index (χ3n) is 9.16. The topological polar surface area (TPSA) is 72.5 Å². The molecule has 0 aliphatic carbocycles. The van der Waals surface area contributed by atoms with Gasteiger partial charge in [0.2, 0.25) is 0 Å². The second-order valence-corrected chi connectivity index (χ2v) is 12.0. The van der Waals surface area contributed by atoms with Crippen molar-refractivity contribution in [2.75, 3.05) is 20.1 Å². The number of rotatable bonds is 5. The molecule has 0 saturated carbocycles. The lowest BCUT2D eigenvalue weighted by Crippen LogP contribution is -2.58. The van der Waals surface area contributed by atoms with Crippen LogP contribution in [-0.2, 0) is 10.8 Å². The number of imidazole rings is 1. The maximum absolute atomic E-state index is 14.7. The smallest absolute Gasteiger partial charge is 0.254 e. The average molecular weight is 576 g/mol. The van der Waals surface area contributed by atoms with Crippen LogP contribution in [-0.4, -0.2) is 74.5 Å². The predicted octanol–water partition coefficient (Wildman–Crippen LogP) is 4.86. The first-order valence-corrected chi connectivity index (χ1v) is 14.7. The quantitative estimate of drug-likeness (QED) is 0.294. The van der Waals surface area contributed by atoms with Crippen LogP contribution in [0.3, 0.4) is 0 Å². The molecule has 5 aromatic rings. The number of phenolic OH excluding ortho intramolecular Hbond substituents is 1. The summed E-state index contributed by atoms with van der Waals surface area (Å²) in [4.78, 5) is 25.5. The number of nitrogens with one attached hydrogen (secondary N) is 1. The first-order chi connectivity index (χ1) is 21.1. The number of hydrogen-bond donors (Lipinski definition) is 2. The molecule has 0 bridgehead atoms. The second kappa shape index (κ2) is 10.4. The summed E-state index contributed by atoms with van der Waals surface area (Å²) in [6.45, 7) is 2.17. The predicted molar refractivity (Wildman–Crippen MR) is 171 cm³/mol. The Hall–Kier alpha value is -4.30. The maximum atomic E-state index is 14.7. The van der Waals surface area contributed by atoms with Crippen molar-refractivity contribution in [1.82, 2.24) is 19.8 Å². The fourth-order valence-electron chi connectivity index (χ4n) is 6.70. The van der Waals surface area contributed by atoms with E-state index in [9.17, 15) is 14.3 Å². The lowest BCUT2D eigenvalue weighted by molar-refractivity contribution is 0.0629. The van der Waals surface area contributed by atoms with Gasteiger partial charge < -0.3 is 19.9 Å². The first kappa shape index (κ1) is 28.5. The third-order valence-corrected chi connectivity index (χ3v) is 9.16. The molecule has 0 spiro atoms. The molecule has 1 saturated heterocycles. The second-order valence-electron chi connectivity index (χ2n) is 12.0. The number of benzene rings is 4. The average Bonchev–Trinajstić information content (AvgIpc) is 3.55. The summed E-state index contributed by atoms with van der Waals surface area (Å²) in [5.74, 6) is -1.01. The summed E-state index contributed by atoms with van der Waals surface area (Å²) in [6.07, 6.45) is 2.25. The zero-order chi connectivity index (χ0) is 30.8. The van der Waals surface area contributed by atoms with Crippen LogP contribution in [0.25, 0.3) is 22.2 Å². The number of phenols is 1. The van der Waals surface area contributed by atoms with E-state index in [0.29, 0.717) is 22.5 Å². The standard InChI is InChI=1S/C34H28B3FN4O2/c1-41-16-14-22(15-17-41)20-6-8-21(9-7-20)23-10-12-26-25(18-23)31(44)42(34(26,36)37)33(35,27-19-24(38)11-13-30(27)43)32-39-28-4-2-3-5-29(28)40-32/h2-13,18-19,22,43H,14-17H2,1H3,(H,39,40). The van der Waals surface area contributed by atoms with Gasteiger partial charge in [-0.2, -0.15) is 0 Å². The number of aromatic nitrogens is 2. The fourth-order valence-corrected chi connectivity index (χ4v) is 6.70. The Kier molecular flexibility index (Phi) is 6.74. The molecule has 10 heteroatoms. The van der Waals surface area contributed by atoms with E-state index in [1.807, 2.05) is 12.1 Å². The highest BCUT2D eigenvalue weighted by atomic mass is 19.1. The normalized spacial score (nSPS) is 18.4. The molecule has 44 heavy (non-hydrogen) atoms. The number of para-hydroxylation sites is 2. The maximum Gasteiger partial charge on any atom is 0.254 e. The summed E-state index contributed by atoms with van der Waals surface area (Å²) in [6, 6.07) is 24.3. The van der Waals surface area contributed by atoms with Gasteiger partial charge in [0.15, 0.2) is 0 Å². The Bertz CT molecular complexity index is 1870. The molecule has 3 heterocycles. The van der Waals surface area contributed by atoms with E-state index in [1.165, 1.54) is 11.6 Å². The Morgan fingerprint density at radius 3 is 2.41 bits per heavy atom. The summed E-state index contributed by atoms with van der Waals surface area (Å²) in [5.41, 5.74) is 2.64. The van der Waals surface area contributed by atoms with Crippen LogP contribution in [0.2, 0.25) is 0 Å². The third kappa shape index (κ3) is 4.46. The number of piperidine rings is 1. The van der Waals surface area contributed by atoms with Crippen LogP contribution in [0.4, 0.5) is 4.39 Å². The van der Waals surface area contributed by atoms with Gasteiger partial charge in [0, 0.05) is 11.1 Å². The van der Waals surface area contributed by atoms with Crippen LogP contribution in [0.15, 0.2) is 84.9 Å². The van der Waals surface area contributed by atoms with Crippen LogP contribution in [0.1, 0.15) is 51.6 Å². The lowest BCUT2D eigenvalue weighted by Gasteiger charge is -2.47. The Morgan fingerprint density at radius 2 is 1.68 bits per heavy atom. The molecular formula is C34H28B3FN4O2. The van der Waals surface area contributed by atoms with Crippen molar-refractivity contribution < 1.29 is 14.3 Å². The summed E-state index contributed by atoms with van der Waals surface area (Å²) >= 11 is 0. The van der Waals surface area contributed by atoms with Crippen molar-refractivity contribution in [1.29, 1.82) is 0 Å². The number of H-pyrrole nitrogens is 1. The number of carbonyl (C=O) groups excluding carboxylic acids is 1. The van der Waals surface area contributed by atoms with Crippen LogP contribution in [0, 0.1) is 5.82 Å². The van der Waals surface area contributed by atoms with E-state index in [0.717, 1.165) is 54.1 Å². The van der Waals surface area contributed by atoms with Gasteiger partial charge in [-0.1, -0.05) is 48.5 Å². The van der Waals surface area contributed by atoms with E-state index < -0.39 is 22.5 Å². The number of hydrogen-bond acceptors (Lipinski definition) is 4. The minimum Gasteiger partial charge on any atom is -0.508 e. The van der Waals surface area contributed by atoms with E-state index in [-0.39, 0.29) is 22.7 Å². The van der Waals surface area contributed by atoms with E-state index in [4.69, 9.17) is 23.5 Å². The molecule has 2 aliphatic rings. The first-order valence-electron chi connectivity index (χ1n) is 14.7. The van der Waals surface area contributed by atoms with Gasteiger partial charge in [0.05, 0.1) is 32.2 Å². The van der Waals surface area contributed by atoms with Crippen molar-refractivity contribution in [2.45, 2.75) is 29.5 Å². The van der Waals surface area contributed by atoms with Crippen molar-refractivity contribution in [3.8, 4) is 16.9 Å². The summed E-state index contributed by atoms with van der Waals surface area (Å²) in [7, 11) is 22.7. The number of aromatic hydroxyl groups is 1. The number of amides is 1. The van der Waals surface area contributed by atoms with Gasteiger partial charge in [0.1, 0.15) is 25.2 Å². The van der Waals surface area contributed by atoms with Crippen LogP contribution < -0.4 is 0 Å².